The van der Waals surface area contributed by atoms with Gasteiger partial charge in [-0.15, -0.1) is 0 Å². The van der Waals surface area contributed by atoms with Gasteiger partial charge in [0, 0.05) is 12.2 Å². The number of hydrogen-bond acceptors (Lipinski definition) is 4. The van der Waals surface area contributed by atoms with Crippen LogP contribution >= 0.6 is 0 Å². The van der Waals surface area contributed by atoms with E-state index in [2.05, 4.69) is 9.47 Å². The van der Waals surface area contributed by atoms with Crippen molar-refractivity contribution in [1.82, 2.24) is 0 Å². The first-order chi connectivity index (χ1) is 4.70. The van der Waals surface area contributed by atoms with Crippen molar-refractivity contribution < 1.29 is 19.7 Å². The Balaban J connectivity index is 3.91. The molecule has 0 radical (unpaired) electrons. The molecule has 0 bridgehead atoms. The van der Waals surface area contributed by atoms with Crippen LogP contribution in [0.2, 0.25) is 0 Å². The second-order valence-electron chi connectivity index (χ2n) is 1.42. The number of rotatable bonds is 3. The van der Waals surface area contributed by atoms with Crippen LogP contribution < -0.4 is 0 Å². The minimum atomic E-state index is -0.288. The average Bonchev–Trinajstić information content (AvgIpc) is 1.99. The lowest BCUT2D eigenvalue weighted by Gasteiger charge is -1.94. The molecule has 0 unspecified atom stereocenters. The summed E-state index contributed by atoms with van der Waals surface area (Å²) in [6.45, 7) is 0. The van der Waals surface area contributed by atoms with Crippen LogP contribution in [0.25, 0.3) is 0 Å². The molecule has 58 valence electrons. The average molecular weight is 146 g/mol. The molecule has 0 spiro atoms. The van der Waals surface area contributed by atoms with E-state index in [0.29, 0.717) is 0 Å². The molecule has 0 aromatic carbocycles. The SMILES string of the molecule is COC(O)=CC=C(O)OC. The van der Waals surface area contributed by atoms with Crippen LogP contribution in [0.4, 0.5) is 0 Å². The Kier molecular flexibility index (Phi) is 3.95. The van der Waals surface area contributed by atoms with Crippen LogP contribution in [0, 0.1) is 0 Å². The molecule has 4 nitrogen and oxygen atoms in total. The zero-order chi connectivity index (χ0) is 7.98. The van der Waals surface area contributed by atoms with Gasteiger partial charge in [-0.05, 0) is 0 Å². The molecule has 0 aliphatic rings. The molecule has 4 heteroatoms. The first kappa shape index (κ1) is 8.68. The van der Waals surface area contributed by atoms with Crippen LogP contribution in [-0.2, 0) is 9.47 Å². The molecule has 0 heterocycles. The Hall–Kier alpha value is -1.32. The number of aliphatic hydroxyl groups excluding tert-OH is 2. The minimum Gasteiger partial charge on any atom is -0.481 e. The molecule has 0 atom stereocenters. The molecule has 0 rings (SSSR count). The highest BCUT2D eigenvalue weighted by molar-refractivity contribution is 5.02. The monoisotopic (exact) mass is 146 g/mol. The fourth-order valence-electron chi connectivity index (χ4n) is 0.279. The number of hydrogen-bond donors (Lipinski definition) is 2. The summed E-state index contributed by atoms with van der Waals surface area (Å²) in [4.78, 5) is 0. The number of methoxy groups -OCH3 is 2. The maximum Gasteiger partial charge on any atom is 0.276 e. The minimum absolute atomic E-state index is 0.288. The van der Waals surface area contributed by atoms with Crippen LogP contribution in [0.5, 0.6) is 0 Å². The van der Waals surface area contributed by atoms with E-state index in [0.717, 1.165) is 0 Å². The van der Waals surface area contributed by atoms with E-state index >= 15 is 0 Å². The van der Waals surface area contributed by atoms with Gasteiger partial charge in [-0.3, -0.25) is 0 Å². The van der Waals surface area contributed by atoms with Crippen molar-refractivity contribution in [2.75, 3.05) is 14.2 Å². The van der Waals surface area contributed by atoms with Crippen molar-refractivity contribution in [3.05, 3.63) is 24.0 Å². The Morgan fingerprint density at radius 2 is 1.30 bits per heavy atom. The smallest absolute Gasteiger partial charge is 0.276 e. The van der Waals surface area contributed by atoms with E-state index < -0.39 is 0 Å². The van der Waals surface area contributed by atoms with Gasteiger partial charge in [0.25, 0.3) is 11.9 Å². The first-order valence-corrected chi connectivity index (χ1v) is 2.58. The molecule has 0 aromatic rings. The lowest BCUT2D eigenvalue weighted by atomic mass is 10.5. The summed E-state index contributed by atoms with van der Waals surface area (Å²) in [5, 5.41) is 17.3. The largest absolute Gasteiger partial charge is 0.481 e. The second kappa shape index (κ2) is 4.55. The Morgan fingerprint density at radius 3 is 1.50 bits per heavy atom. The lowest BCUT2D eigenvalue weighted by molar-refractivity contribution is 0.129. The molecule has 0 aliphatic carbocycles. The summed E-state index contributed by atoms with van der Waals surface area (Å²) in [6.07, 6.45) is 2.33. The topological polar surface area (TPSA) is 58.9 Å². The van der Waals surface area contributed by atoms with Gasteiger partial charge >= 0.3 is 0 Å². The molecular formula is C6H10O4. The summed E-state index contributed by atoms with van der Waals surface area (Å²) in [7, 11) is 2.62. The van der Waals surface area contributed by atoms with Crippen molar-refractivity contribution >= 4 is 0 Å². The van der Waals surface area contributed by atoms with Crippen LogP contribution in [0.15, 0.2) is 24.0 Å². The number of aliphatic hydroxyl groups is 2. The molecule has 0 aromatic heterocycles. The van der Waals surface area contributed by atoms with Gasteiger partial charge < -0.3 is 19.7 Å². The van der Waals surface area contributed by atoms with E-state index in [1.54, 1.807) is 0 Å². The van der Waals surface area contributed by atoms with Gasteiger partial charge in [0.15, 0.2) is 0 Å². The molecule has 10 heavy (non-hydrogen) atoms. The summed E-state index contributed by atoms with van der Waals surface area (Å²) < 4.78 is 8.70. The van der Waals surface area contributed by atoms with Crippen LogP contribution in [0.1, 0.15) is 0 Å². The number of allylic oxidation sites excluding steroid dienone is 2. The summed E-state index contributed by atoms with van der Waals surface area (Å²) >= 11 is 0. The van der Waals surface area contributed by atoms with Crippen LogP contribution in [0.3, 0.4) is 0 Å². The van der Waals surface area contributed by atoms with E-state index in [4.69, 9.17) is 10.2 Å². The predicted molar refractivity (Wildman–Crippen MR) is 35.4 cm³/mol. The molecule has 0 saturated carbocycles. The maximum absolute atomic E-state index is 8.63. The molecular weight excluding hydrogens is 136 g/mol. The van der Waals surface area contributed by atoms with Crippen LogP contribution in [-0.4, -0.2) is 24.4 Å². The van der Waals surface area contributed by atoms with Gasteiger partial charge in [-0.25, -0.2) is 0 Å². The van der Waals surface area contributed by atoms with Gasteiger partial charge in [-0.1, -0.05) is 0 Å². The molecule has 0 fully saturated rings. The van der Waals surface area contributed by atoms with Crippen molar-refractivity contribution in [2.24, 2.45) is 0 Å². The summed E-state index contributed by atoms with van der Waals surface area (Å²) in [6, 6.07) is 0. The van der Waals surface area contributed by atoms with Crippen molar-refractivity contribution in [1.29, 1.82) is 0 Å². The highest BCUT2D eigenvalue weighted by Crippen LogP contribution is 1.93. The van der Waals surface area contributed by atoms with E-state index in [9.17, 15) is 0 Å². The molecule has 2 N–H and O–H groups in total. The maximum atomic E-state index is 8.63. The third-order valence-corrected chi connectivity index (χ3v) is 0.787. The normalized spacial score (nSPS) is 13.0. The third-order valence-electron chi connectivity index (χ3n) is 0.787. The standard InChI is InChI=1S/C6H10O4/c1-9-5(7)3-4-6(8)10-2/h3-4,7-8H,1-2H3. The number of ether oxygens (including phenoxy) is 2. The Morgan fingerprint density at radius 1 is 1.00 bits per heavy atom. The highest BCUT2D eigenvalue weighted by Gasteiger charge is 1.87. The fraction of sp³-hybridized carbons (Fsp3) is 0.333. The van der Waals surface area contributed by atoms with E-state index in [-0.39, 0.29) is 11.9 Å². The van der Waals surface area contributed by atoms with Gasteiger partial charge in [0.1, 0.15) is 0 Å². The molecule has 0 saturated heterocycles. The van der Waals surface area contributed by atoms with Gasteiger partial charge in [-0.2, -0.15) is 0 Å². The molecule has 0 aliphatic heterocycles. The Labute approximate surface area is 59.0 Å². The lowest BCUT2D eigenvalue weighted by Crippen LogP contribution is -1.84. The third kappa shape index (κ3) is 3.65. The zero-order valence-corrected chi connectivity index (χ0v) is 5.87. The summed E-state index contributed by atoms with van der Waals surface area (Å²) in [5.41, 5.74) is 0. The highest BCUT2D eigenvalue weighted by atomic mass is 16.6. The predicted octanol–water partition coefficient (Wildman–Crippen LogP) is 1.08. The van der Waals surface area contributed by atoms with Gasteiger partial charge in [0.05, 0.1) is 14.2 Å². The van der Waals surface area contributed by atoms with E-state index in [1.807, 2.05) is 0 Å². The first-order valence-electron chi connectivity index (χ1n) is 2.58. The van der Waals surface area contributed by atoms with Crippen molar-refractivity contribution in [3.8, 4) is 0 Å². The Bertz CT molecular complexity index is 130. The molecule has 0 amide bonds. The quantitative estimate of drug-likeness (QED) is 0.462. The zero-order valence-electron chi connectivity index (χ0n) is 5.87. The van der Waals surface area contributed by atoms with E-state index in [1.165, 1.54) is 26.4 Å². The second-order valence-corrected chi connectivity index (χ2v) is 1.42. The van der Waals surface area contributed by atoms with Gasteiger partial charge in [0.2, 0.25) is 0 Å². The van der Waals surface area contributed by atoms with Crippen molar-refractivity contribution in [3.63, 3.8) is 0 Å². The fourth-order valence-corrected chi connectivity index (χ4v) is 0.279. The van der Waals surface area contributed by atoms with Crippen molar-refractivity contribution in [2.45, 2.75) is 0 Å². The summed E-state index contributed by atoms with van der Waals surface area (Å²) in [5.74, 6) is -0.577.